The van der Waals surface area contributed by atoms with Crippen LogP contribution in [0.4, 0.5) is 5.82 Å². The Labute approximate surface area is 215 Å². The molecule has 7 nitrogen and oxygen atoms in total. The van der Waals surface area contributed by atoms with E-state index in [1.54, 1.807) is 7.11 Å². The van der Waals surface area contributed by atoms with Gasteiger partial charge in [-0.2, -0.15) is 0 Å². The minimum absolute atomic E-state index is 0.0760. The Morgan fingerprint density at radius 3 is 3.00 bits per heavy atom. The predicted molar refractivity (Wildman–Crippen MR) is 142 cm³/mol. The van der Waals surface area contributed by atoms with E-state index in [0.717, 1.165) is 69.0 Å². The van der Waals surface area contributed by atoms with Crippen molar-refractivity contribution in [2.45, 2.75) is 50.9 Å². The smallest absolute Gasteiger partial charge is 0.306 e. The third-order valence-corrected chi connectivity index (χ3v) is 7.34. The maximum Gasteiger partial charge on any atom is 0.306 e. The van der Waals surface area contributed by atoms with Gasteiger partial charge in [0.2, 0.25) is 0 Å². The van der Waals surface area contributed by atoms with Gasteiger partial charge in [0, 0.05) is 51.4 Å². The van der Waals surface area contributed by atoms with Crippen LogP contribution in [0.3, 0.4) is 0 Å². The number of hydrogen-bond donors (Lipinski definition) is 1. The normalized spacial score (nSPS) is 18.3. The van der Waals surface area contributed by atoms with Crippen LogP contribution in [-0.2, 0) is 27.1 Å². The summed E-state index contributed by atoms with van der Waals surface area (Å²) in [6.07, 6.45) is 6.89. The topological polar surface area (TPSA) is 72.9 Å². The molecule has 3 heterocycles. The van der Waals surface area contributed by atoms with Crippen molar-refractivity contribution < 1.29 is 19.0 Å². The van der Waals surface area contributed by atoms with Crippen LogP contribution in [0.2, 0.25) is 0 Å². The molecule has 0 spiro atoms. The van der Waals surface area contributed by atoms with E-state index in [-0.39, 0.29) is 11.9 Å². The summed E-state index contributed by atoms with van der Waals surface area (Å²) in [6.45, 7) is 5.29. The van der Waals surface area contributed by atoms with Crippen LogP contribution in [0.5, 0.6) is 5.75 Å². The number of carbonyl (C=O) groups is 1. The summed E-state index contributed by atoms with van der Waals surface area (Å²) >= 11 is 0. The van der Waals surface area contributed by atoms with Gasteiger partial charge in [0.15, 0.2) is 0 Å². The van der Waals surface area contributed by atoms with E-state index in [2.05, 4.69) is 34.5 Å². The number of nitrogens with zero attached hydrogens (tertiary/aromatic N) is 2. The average molecular weight is 496 g/mol. The first-order valence-electron chi connectivity index (χ1n) is 13.4. The molecule has 1 aromatic carbocycles. The molecule has 2 aliphatic rings. The Hall–Kier alpha value is -2.64. The van der Waals surface area contributed by atoms with Gasteiger partial charge in [-0.3, -0.25) is 4.79 Å². The first kappa shape index (κ1) is 26.4. The zero-order valence-corrected chi connectivity index (χ0v) is 21.8. The lowest BCUT2D eigenvalue weighted by Crippen LogP contribution is -2.28. The molecule has 0 amide bonds. The van der Waals surface area contributed by atoms with Crippen molar-refractivity contribution in [3.8, 4) is 5.75 Å². The van der Waals surface area contributed by atoms with Crippen molar-refractivity contribution in [3.63, 3.8) is 0 Å². The van der Waals surface area contributed by atoms with Crippen LogP contribution in [0.1, 0.15) is 54.8 Å². The zero-order valence-electron chi connectivity index (χ0n) is 21.8. The van der Waals surface area contributed by atoms with Crippen molar-refractivity contribution in [1.82, 2.24) is 9.88 Å². The number of rotatable bonds is 13. The highest BCUT2D eigenvalue weighted by Crippen LogP contribution is 2.29. The summed E-state index contributed by atoms with van der Waals surface area (Å²) in [5.74, 6) is 2.48. The van der Waals surface area contributed by atoms with E-state index in [4.69, 9.17) is 19.2 Å². The molecule has 1 saturated heterocycles. The van der Waals surface area contributed by atoms with Gasteiger partial charge in [-0.25, -0.2) is 4.98 Å². The number of nitrogens with one attached hydrogen (secondary N) is 1. The molecule has 4 rings (SSSR count). The second-order valence-electron chi connectivity index (χ2n) is 10.0. The molecule has 0 radical (unpaired) electrons. The first-order chi connectivity index (χ1) is 17.6. The number of methoxy groups -OCH3 is 2. The number of hydrogen-bond acceptors (Lipinski definition) is 7. The Morgan fingerprint density at radius 2 is 2.14 bits per heavy atom. The van der Waals surface area contributed by atoms with Gasteiger partial charge in [-0.1, -0.05) is 18.2 Å². The summed E-state index contributed by atoms with van der Waals surface area (Å²) < 4.78 is 16.0. The van der Waals surface area contributed by atoms with Crippen molar-refractivity contribution in [3.05, 3.63) is 53.2 Å². The number of anilines is 1. The number of ether oxygens (including phenoxy) is 3. The molecular weight excluding hydrogens is 454 g/mol. The molecule has 2 atom stereocenters. The van der Waals surface area contributed by atoms with Gasteiger partial charge >= 0.3 is 5.97 Å². The van der Waals surface area contributed by atoms with Gasteiger partial charge < -0.3 is 24.4 Å². The average Bonchev–Trinajstić information content (AvgIpc) is 3.37. The molecule has 2 aliphatic heterocycles. The molecule has 36 heavy (non-hydrogen) atoms. The summed E-state index contributed by atoms with van der Waals surface area (Å²) in [6, 6.07) is 12.6. The van der Waals surface area contributed by atoms with E-state index in [1.165, 1.54) is 31.2 Å². The fourth-order valence-corrected chi connectivity index (χ4v) is 5.31. The summed E-state index contributed by atoms with van der Waals surface area (Å²) in [4.78, 5) is 19.6. The third-order valence-electron chi connectivity index (χ3n) is 7.34. The molecule has 1 fully saturated rings. The van der Waals surface area contributed by atoms with Crippen LogP contribution in [0.25, 0.3) is 0 Å². The number of aryl methyl sites for hydroxylation is 2. The third kappa shape index (κ3) is 7.68. The summed E-state index contributed by atoms with van der Waals surface area (Å²) in [5.41, 5.74) is 3.66. The number of aromatic nitrogens is 1. The van der Waals surface area contributed by atoms with Crippen LogP contribution in [-0.4, -0.2) is 69.5 Å². The Morgan fingerprint density at radius 1 is 1.22 bits per heavy atom. The maximum atomic E-state index is 12.2. The largest absolute Gasteiger partial charge is 0.493 e. The van der Waals surface area contributed by atoms with E-state index in [1.807, 2.05) is 12.1 Å². The van der Waals surface area contributed by atoms with Gasteiger partial charge in [-0.05, 0) is 73.9 Å². The van der Waals surface area contributed by atoms with Crippen LogP contribution in [0.15, 0.2) is 36.4 Å². The number of benzene rings is 1. The SMILES string of the molecule is COCCCOc1cccc(C(CC(=O)OC)CN2CC[C@@H](CCc3ccc4c(n3)NCCC4)C2)c1. The standard InChI is InChI=1S/C29H41N3O4/c1-34-16-5-17-36-27-8-3-6-24(18-27)25(19-28(33)35-2)21-32-15-13-22(20-32)9-11-26-12-10-23-7-4-14-30-29(23)31-26/h3,6,8,10,12,18,22,25H,4-5,7,9,11,13-17,19-21H2,1-2H3,(H,30,31)/t22-,25?/m1/s1. The zero-order chi connectivity index (χ0) is 25.2. The number of esters is 1. The fraction of sp³-hybridized carbons (Fsp3) is 0.586. The lowest BCUT2D eigenvalue weighted by molar-refractivity contribution is -0.141. The molecule has 1 unspecified atom stereocenters. The highest BCUT2D eigenvalue weighted by molar-refractivity contribution is 5.70. The molecule has 0 bridgehead atoms. The second-order valence-corrected chi connectivity index (χ2v) is 10.0. The Bertz CT molecular complexity index is 983. The van der Waals surface area contributed by atoms with Crippen molar-refractivity contribution in [1.29, 1.82) is 0 Å². The Kier molecular flexibility index (Phi) is 9.99. The van der Waals surface area contributed by atoms with Gasteiger partial charge in [0.25, 0.3) is 0 Å². The molecule has 2 aromatic rings. The predicted octanol–water partition coefficient (Wildman–Crippen LogP) is 4.46. The maximum absolute atomic E-state index is 12.2. The molecule has 196 valence electrons. The second kappa shape index (κ2) is 13.6. The van der Waals surface area contributed by atoms with Crippen LogP contribution >= 0.6 is 0 Å². The number of pyridine rings is 1. The van der Waals surface area contributed by atoms with Crippen molar-refractivity contribution >= 4 is 11.8 Å². The minimum atomic E-state index is -0.172. The first-order valence-corrected chi connectivity index (χ1v) is 13.4. The molecule has 1 N–H and O–H groups in total. The highest BCUT2D eigenvalue weighted by atomic mass is 16.5. The van der Waals surface area contributed by atoms with E-state index < -0.39 is 0 Å². The molecule has 1 aromatic heterocycles. The number of carbonyl (C=O) groups excluding carboxylic acids is 1. The van der Waals surface area contributed by atoms with E-state index in [0.29, 0.717) is 25.6 Å². The Balaban J connectivity index is 1.31. The number of likely N-dealkylation sites (tertiary alicyclic amines) is 1. The molecular formula is C29H41N3O4. The van der Waals surface area contributed by atoms with Gasteiger partial charge in [0.1, 0.15) is 11.6 Å². The van der Waals surface area contributed by atoms with Crippen molar-refractivity contribution in [2.75, 3.05) is 58.9 Å². The quantitative estimate of drug-likeness (QED) is 0.325. The molecule has 0 aliphatic carbocycles. The van der Waals surface area contributed by atoms with E-state index in [9.17, 15) is 4.79 Å². The fourth-order valence-electron chi connectivity index (χ4n) is 5.31. The van der Waals surface area contributed by atoms with Crippen LogP contribution in [0, 0.1) is 5.92 Å². The lowest BCUT2D eigenvalue weighted by Gasteiger charge is -2.24. The summed E-state index contributed by atoms with van der Waals surface area (Å²) in [5, 5.41) is 3.44. The minimum Gasteiger partial charge on any atom is -0.493 e. The number of fused-ring (bicyclic) bond motifs is 1. The van der Waals surface area contributed by atoms with Gasteiger partial charge in [0.05, 0.1) is 20.1 Å². The molecule has 7 heteroatoms. The highest BCUT2D eigenvalue weighted by Gasteiger charge is 2.27. The van der Waals surface area contributed by atoms with Gasteiger partial charge in [-0.15, -0.1) is 0 Å². The molecule has 0 saturated carbocycles. The van der Waals surface area contributed by atoms with Crippen molar-refractivity contribution in [2.24, 2.45) is 5.92 Å². The monoisotopic (exact) mass is 495 g/mol. The summed E-state index contributed by atoms with van der Waals surface area (Å²) in [7, 11) is 3.16. The van der Waals surface area contributed by atoms with Crippen LogP contribution < -0.4 is 10.1 Å². The van der Waals surface area contributed by atoms with E-state index >= 15 is 0 Å². The lowest BCUT2D eigenvalue weighted by atomic mass is 9.94.